The van der Waals surface area contributed by atoms with Gasteiger partial charge in [-0.05, 0) is 24.1 Å². The summed E-state index contributed by atoms with van der Waals surface area (Å²) in [7, 11) is 2.00. The van der Waals surface area contributed by atoms with Gasteiger partial charge >= 0.3 is 0 Å². The van der Waals surface area contributed by atoms with Crippen LogP contribution < -0.4 is 16.2 Å². The lowest BCUT2D eigenvalue weighted by molar-refractivity contribution is 0.868. The zero-order valence-corrected chi connectivity index (χ0v) is 11.2. The topological polar surface area (TPSA) is 80.0 Å². The summed E-state index contributed by atoms with van der Waals surface area (Å²) in [6, 6.07) is 3.98. The van der Waals surface area contributed by atoms with Crippen LogP contribution in [0.25, 0.3) is 0 Å². The van der Waals surface area contributed by atoms with Crippen LogP contribution in [-0.2, 0) is 13.0 Å². The highest BCUT2D eigenvalue weighted by Crippen LogP contribution is 2.23. The van der Waals surface area contributed by atoms with Gasteiger partial charge in [0.05, 0.1) is 0 Å². The van der Waals surface area contributed by atoms with Crippen molar-refractivity contribution in [1.82, 2.24) is 15.0 Å². The Labute approximate surface area is 112 Å². The summed E-state index contributed by atoms with van der Waals surface area (Å²) in [6.45, 7) is 2.82. The molecule has 0 atom stereocenters. The Morgan fingerprint density at radius 2 is 2.00 bits per heavy atom. The van der Waals surface area contributed by atoms with E-state index in [4.69, 9.17) is 5.84 Å². The third-order valence-electron chi connectivity index (χ3n) is 2.94. The van der Waals surface area contributed by atoms with E-state index in [9.17, 15) is 0 Å². The van der Waals surface area contributed by atoms with Crippen molar-refractivity contribution in [2.75, 3.05) is 17.4 Å². The van der Waals surface area contributed by atoms with Crippen LogP contribution in [0.15, 0.2) is 30.9 Å². The average Bonchev–Trinajstić information content (AvgIpc) is 2.47. The summed E-state index contributed by atoms with van der Waals surface area (Å²) in [5.41, 5.74) is 4.81. The van der Waals surface area contributed by atoms with E-state index >= 15 is 0 Å². The molecular formula is C13H18N6. The van der Waals surface area contributed by atoms with Crippen molar-refractivity contribution >= 4 is 11.6 Å². The van der Waals surface area contributed by atoms with E-state index in [1.807, 2.05) is 19.2 Å². The SMILES string of the molecule is CCc1c(NN)ncnc1N(C)Cc1ccncc1. The maximum Gasteiger partial charge on any atom is 0.148 e. The summed E-state index contributed by atoms with van der Waals surface area (Å²) in [4.78, 5) is 14.6. The molecule has 0 aromatic carbocycles. The first-order chi connectivity index (χ1) is 9.26. The van der Waals surface area contributed by atoms with Crippen LogP contribution in [0.2, 0.25) is 0 Å². The van der Waals surface area contributed by atoms with E-state index in [0.717, 1.165) is 24.3 Å². The molecule has 0 radical (unpaired) electrons. The molecule has 3 N–H and O–H groups in total. The molecule has 0 fully saturated rings. The quantitative estimate of drug-likeness (QED) is 0.622. The van der Waals surface area contributed by atoms with Gasteiger partial charge in [-0.3, -0.25) is 4.98 Å². The number of anilines is 2. The van der Waals surface area contributed by atoms with Crippen molar-refractivity contribution in [3.63, 3.8) is 0 Å². The number of pyridine rings is 1. The molecule has 19 heavy (non-hydrogen) atoms. The second kappa shape index (κ2) is 6.10. The van der Waals surface area contributed by atoms with Gasteiger partial charge in [0.15, 0.2) is 0 Å². The van der Waals surface area contributed by atoms with Crippen molar-refractivity contribution in [2.24, 2.45) is 5.84 Å². The van der Waals surface area contributed by atoms with Gasteiger partial charge in [0, 0.05) is 31.5 Å². The van der Waals surface area contributed by atoms with Gasteiger partial charge in [-0.25, -0.2) is 15.8 Å². The van der Waals surface area contributed by atoms with Crippen LogP contribution >= 0.6 is 0 Å². The second-order valence-corrected chi connectivity index (χ2v) is 4.23. The Balaban J connectivity index is 2.26. The predicted octanol–water partition coefficient (Wildman–Crippen LogP) is 1.36. The van der Waals surface area contributed by atoms with Crippen molar-refractivity contribution in [2.45, 2.75) is 19.9 Å². The molecule has 2 aromatic rings. The largest absolute Gasteiger partial charge is 0.355 e. The Bertz CT molecular complexity index is 528. The third-order valence-corrected chi connectivity index (χ3v) is 2.94. The van der Waals surface area contributed by atoms with Crippen LogP contribution in [0, 0.1) is 0 Å². The Morgan fingerprint density at radius 1 is 1.26 bits per heavy atom. The zero-order chi connectivity index (χ0) is 13.7. The van der Waals surface area contributed by atoms with Crippen molar-refractivity contribution < 1.29 is 0 Å². The zero-order valence-electron chi connectivity index (χ0n) is 11.2. The van der Waals surface area contributed by atoms with Crippen LogP contribution in [0.1, 0.15) is 18.1 Å². The van der Waals surface area contributed by atoms with E-state index in [1.165, 1.54) is 11.9 Å². The molecule has 0 saturated heterocycles. The summed E-state index contributed by atoms with van der Waals surface area (Å²) < 4.78 is 0. The summed E-state index contributed by atoms with van der Waals surface area (Å²) in [5.74, 6) is 7.05. The first-order valence-corrected chi connectivity index (χ1v) is 6.16. The number of rotatable bonds is 5. The highest BCUT2D eigenvalue weighted by Gasteiger charge is 2.12. The number of nitrogens with zero attached hydrogens (tertiary/aromatic N) is 4. The van der Waals surface area contributed by atoms with Crippen LogP contribution in [-0.4, -0.2) is 22.0 Å². The second-order valence-electron chi connectivity index (χ2n) is 4.23. The number of hydrazine groups is 1. The van der Waals surface area contributed by atoms with Crippen LogP contribution in [0.3, 0.4) is 0 Å². The van der Waals surface area contributed by atoms with E-state index < -0.39 is 0 Å². The predicted molar refractivity (Wildman–Crippen MR) is 75.6 cm³/mol. The van der Waals surface area contributed by atoms with E-state index in [2.05, 4.69) is 32.2 Å². The first-order valence-electron chi connectivity index (χ1n) is 6.16. The van der Waals surface area contributed by atoms with Gasteiger partial charge in [-0.15, -0.1) is 0 Å². The number of hydrogen-bond donors (Lipinski definition) is 2. The van der Waals surface area contributed by atoms with Gasteiger partial charge in [-0.1, -0.05) is 6.92 Å². The highest BCUT2D eigenvalue weighted by molar-refractivity contribution is 5.58. The smallest absolute Gasteiger partial charge is 0.148 e. The fourth-order valence-electron chi connectivity index (χ4n) is 2.02. The summed E-state index contributed by atoms with van der Waals surface area (Å²) in [5, 5.41) is 0. The Kier molecular flexibility index (Phi) is 4.25. The molecule has 2 heterocycles. The van der Waals surface area contributed by atoms with Crippen LogP contribution in [0.5, 0.6) is 0 Å². The molecule has 0 amide bonds. The lowest BCUT2D eigenvalue weighted by atomic mass is 10.2. The van der Waals surface area contributed by atoms with Gasteiger partial charge in [-0.2, -0.15) is 0 Å². The highest BCUT2D eigenvalue weighted by atomic mass is 15.3. The molecule has 0 saturated carbocycles. The number of nitrogens with two attached hydrogens (primary N) is 1. The fourth-order valence-corrected chi connectivity index (χ4v) is 2.02. The lowest BCUT2D eigenvalue weighted by Gasteiger charge is -2.21. The molecule has 0 bridgehead atoms. The monoisotopic (exact) mass is 258 g/mol. The minimum atomic E-state index is 0.675. The van der Waals surface area contributed by atoms with E-state index in [0.29, 0.717) is 5.82 Å². The molecule has 100 valence electrons. The lowest BCUT2D eigenvalue weighted by Crippen LogP contribution is -2.21. The minimum absolute atomic E-state index is 0.675. The summed E-state index contributed by atoms with van der Waals surface area (Å²) in [6.07, 6.45) is 5.91. The number of nitrogen functional groups attached to an aromatic ring is 1. The standard InChI is InChI=1S/C13H18N6/c1-3-11-12(18-14)16-9-17-13(11)19(2)8-10-4-6-15-7-5-10/h4-7,9H,3,8,14H2,1-2H3,(H,16,17,18). The fraction of sp³-hybridized carbons (Fsp3) is 0.308. The Morgan fingerprint density at radius 3 is 2.63 bits per heavy atom. The number of hydrogen-bond acceptors (Lipinski definition) is 6. The molecule has 6 heteroatoms. The molecule has 0 unspecified atom stereocenters. The molecule has 2 aromatic heterocycles. The molecular weight excluding hydrogens is 240 g/mol. The van der Waals surface area contributed by atoms with Gasteiger partial charge < -0.3 is 10.3 Å². The molecule has 0 aliphatic rings. The van der Waals surface area contributed by atoms with E-state index in [1.54, 1.807) is 12.4 Å². The maximum atomic E-state index is 5.48. The van der Waals surface area contributed by atoms with Crippen LogP contribution in [0.4, 0.5) is 11.6 Å². The average molecular weight is 258 g/mol. The summed E-state index contributed by atoms with van der Waals surface area (Å²) >= 11 is 0. The molecule has 6 nitrogen and oxygen atoms in total. The number of aromatic nitrogens is 3. The number of nitrogens with one attached hydrogen (secondary N) is 1. The van der Waals surface area contributed by atoms with Gasteiger partial charge in [0.1, 0.15) is 18.0 Å². The molecule has 2 rings (SSSR count). The molecule has 0 aliphatic heterocycles. The normalized spacial score (nSPS) is 10.3. The molecule has 0 aliphatic carbocycles. The first kappa shape index (κ1) is 13.2. The van der Waals surface area contributed by atoms with Gasteiger partial charge in [0.25, 0.3) is 0 Å². The molecule has 0 spiro atoms. The van der Waals surface area contributed by atoms with Crippen molar-refractivity contribution in [3.8, 4) is 0 Å². The van der Waals surface area contributed by atoms with Gasteiger partial charge in [0.2, 0.25) is 0 Å². The Hall–Kier alpha value is -2.21. The van der Waals surface area contributed by atoms with Crippen molar-refractivity contribution in [1.29, 1.82) is 0 Å². The van der Waals surface area contributed by atoms with Crippen molar-refractivity contribution in [3.05, 3.63) is 42.0 Å². The van der Waals surface area contributed by atoms with E-state index in [-0.39, 0.29) is 0 Å². The minimum Gasteiger partial charge on any atom is -0.355 e. The maximum absolute atomic E-state index is 5.48. The third kappa shape index (κ3) is 2.97.